The quantitative estimate of drug-likeness (QED) is 0.901. The number of rotatable bonds is 4. The van der Waals surface area contributed by atoms with E-state index in [2.05, 4.69) is 10.6 Å². The number of carbonyl (C=O) groups is 1. The Kier molecular flexibility index (Phi) is 4.42. The average molecular weight is 276 g/mol. The van der Waals surface area contributed by atoms with Crippen LogP contribution in [0.2, 0.25) is 0 Å². The Hall–Kier alpha value is -2.27. The van der Waals surface area contributed by atoms with Gasteiger partial charge in [-0.15, -0.1) is 0 Å². The standard InChI is InChI=1S/C15H14F2N2O/c1-18-9-10-4-2-3-5-14(10)19-15(20)12-7-6-11(16)8-13(12)17/h2-8,18H,9H2,1H3,(H,19,20). The van der Waals surface area contributed by atoms with Gasteiger partial charge < -0.3 is 10.6 Å². The Morgan fingerprint density at radius 1 is 1.15 bits per heavy atom. The second kappa shape index (κ2) is 6.25. The topological polar surface area (TPSA) is 41.1 Å². The molecule has 0 aliphatic rings. The molecule has 0 saturated carbocycles. The van der Waals surface area contributed by atoms with Crippen molar-refractivity contribution in [3.63, 3.8) is 0 Å². The largest absolute Gasteiger partial charge is 0.322 e. The van der Waals surface area contributed by atoms with Gasteiger partial charge in [0.25, 0.3) is 5.91 Å². The van der Waals surface area contributed by atoms with E-state index in [1.54, 1.807) is 19.2 Å². The lowest BCUT2D eigenvalue weighted by molar-refractivity contribution is 0.102. The molecule has 0 aliphatic heterocycles. The molecule has 0 aromatic heterocycles. The molecule has 2 N–H and O–H groups in total. The van der Waals surface area contributed by atoms with Crippen molar-refractivity contribution in [1.82, 2.24) is 5.32 Å². The van der Waals surface area contributed by atoms with Crippen LogP contribution in [-0.2, 0) is 6.54 Å². The first kappa shape index (κ1) is 14.1. The molecule has 0 radical (unpaired) electrons. The van der Waals surface area contributed by atoms with Crippen molar-refractivity contribution in [2.24, 2.45) is 0 Å². The van der Waals surface area contributed by atoms with Crippen LogP contribution in [0.1, 0.15) is 15.9 Å². The molecule has 1 amide bonds. The van der Waals surface area contributed by atoms with Crippen LogP contribution in [0.15, 0.2) is 42.5 Å². The van der Waals surface area contributed by atoms with E-state index in [4.69, 9.17) is 0 Å². The molecule has 0 fully saturated rings. The van der Waals surface area contributed by atoms with Gasteiger partial charge in [-0.05, 0) is 30.8 Å². The maximum absolute atomic E-state index is 13.5. The predicted molar refractivity (Wildman–Crippen MR) is 73.5 cm³/mol. The van der Waals surface area contributed by atoms with Crippen LogP contribution in [0.3, 0.4) is 0 Å². The lowest BCUT2D eigenvalue weighted by Crippen LogP contribution is -2.16. The molecule has 20 heavy (non-hydrogen) atoms. The number of carbonyl (C=O) groups excluding carboxylic acids is 1. The van der Waals surface area contributed by atoms with E-state index < -0.39 is 17.5 Å². The molecule has 0 atom stereocenters. The Balaban J connectivity index is 2.23. The van der Waals surface area contributed by atoms with Gasteiger partial charge in [0.05, 0.1) is 5.56 Å². The molecular weight excluding hydrogens is 262 g/mol. The monoisotopic (exact) mass is 276 g/mol. The Morgan fingerprint density at radius 2 is 1.90 bits per heavy atom. The smallest absolute Gasteiger partial charge is 0.258 e. The number of halogens is 2. The van der Waals surface area contributed by atoms with Gasteiger partial charge in [-0.25, -0.2) is 8.78 Å². The Labute approximate surface area is 115 Å². The summed E-state index contributed by atoms with van der Waals surface area (Å²) in [6.07, 6.45) is 0. The van der Waals surface area contributed by atoms with Gasteiger partial charge in [-0.2, -0.15) is 0 Å². The summed E-state index contributed by atoms with van der Waals surface area (Å²) in [5, 5.41) is 5.61. The minimum atomic E-state index is -0.881. The maximum Gasteiger partial charge on any atom is 0.258 e. The first-order valence-corrected chi connectivity index (χ1v) is 6.10. The number of benzene rings is 2. The molecule has 2 aromatic carbocycles. The van der Waals surface area contributed by atoms with E-state index in [9.17, 15) is 13.6 Å². The molecule has 0 unspecified atom stereocenters. The third kappa shape index (κ3) is 3.19. The zero-order valence-corrected chi connectivity index (χ0v) is 10.9. The maximum atomic E-state index is 13.5. The molecule has 0 bridgehead atoms. The summed E-state index contributed by atoms with van der Waals surface area (Å²) in [4.78, 5) is 12.0. The fraction of sp³-hybridized carbons (Fsp3) is 0.133. The van der Waals surface area contributed by atoms with E-state index in [-0.39, 0.29) is 5.56 Å². The van der Waals surface area contributed by atoms with E-state index in [1.165, 1.54) is 0 Å². The molecule has 2 rings (SSSR count). The first-order chi connectivity index (χ1) is 9.61. The van der Waals surface area contributed by atoms with Crippen molar-refractivity contribution in [3.05, 3.63) is 65.2 Å². The lowest BCUT2D eigenvalue weighted by atomic mass is 10.1. The van der Waals surface area contributed by atoms with Crippen LogP contribution in [0.4, 0.5) is 14.5 Å². The average Bonchev–Trinajstić information content (AvgIpc) is 2.41. The minimum absolute atomic E-state index is 0.189. The highest BCUT2D eigenvalue weighted by Crippen LogP contribution is 2.17. The van der Waals surface area contributed by atoms with Crippen molar-refractivity contribution in [2.45, 2.75) is 6.54 Å². The van der Waals surface area contributed by atoms with Crippen LogP contribution in [-0.4, -0.2) is 13.0 Å². The summed E-state index contributed by atoms with van der Waals surface area (Å²) in [5.41, 5.74) is 1.28. The van der Waals surface area contributed by atoms with Crippen molar-refractivity contribution in [1.29, 1.82) is 0 Å². The van der Waals surface area contributed by atoms with Crippen LogP contribution in [0.5, 0.6) is 0 Å². The number of hydrogen-bond acceptors (Lipinski definition) is 2. The summed E-state index contributed by atoms with van der Waals surface area (Å²) >= 11 is 0. The summed E-state index contributed by atoms with van der Waals surface area (Å²) < 4.78 is 26.4. The Bertz CT molecular complexity index is 629. The molecule has 3 nitrogen and oxygen atoms in total. The summed E-state index contributed by atoms with van der Waals surface area (Å²) in [7, 11) is 1.79. The summed E-state index contributed by atoms with van der Waals surface area (Å²) in [6.45, 7) is 0.572. The molecule has 104 valence electrons. The van der Waals surface area contributed by atoms with Gasteiger partial charge in [0, 0.05) is 18.3 Å². The van der Waals surface area contributed by atoms with E-state index in [0.29, 0.717) is 18.3 Å². The third-order valence-corrected chi connectivity index (χ3v) is 2.81. The SMILES string of the molecule is CNCc1ccccc1NC(=O)c1ccc(F)cc1F. The predicted octanol–water partition coefficient (Wildman–Crippen LogP) is 2.94. The van der Waals surface area contributed by atoms with Gasteiger partial charge in [-0.1, -0.05) is 18.2 Å². The van der Waals surface area contributed by atoms with Crippen molar-refractivity contribution in [3.8, 4) is 0 Å². The number of para-hydroxylation sites is 1. The van der Waals surface area contributed by atoms with Gasteiger partial charge in [-0.3, -0.25) is 4.79 Å². The van der Waals surface area contributed by atoms with Gasteiger partial charge >= 0.3 is 0 Å². The second-order valence-electron chi connectivity index (χ2n) is 4.27. The third-order valence-electron chi connectivity index (χ3n) is 2.81. The highest BCUT2D eigenvalue weighted by molar-refractivity contribution is 6.04. The van der Waals surface area contributed by atoms with Gasteiger partial charge in [0.15, 0.2) is 0 Å². The molecule has 0 aliphatic carbocycles. The normalized spacial score (nSPS) is 10.3. The molecule has 0 saturated heterocycles. The van der Waals surface area contributed by atoms with E-state index >= 15 is 0 Å². The summed E-state index contributed by atoms with van der Waals surface area (Å²) in [6, 6.07) is 10.1. The number of amides is 1. The molecular formula is C15H14F2N2O. The van der Waals surface area contributed by atoms with Crippen LogP contribution in [0, 0.1) is 11.6 Å². The zero-order chi connectivity index (χ0) is 14.5. The number of nitrogens with one attached hydrogen (secondary N) is 2. The van der Waals surface area contributed by atoms with Crippen LogP contribution < -0.4 is 10.6 Å². The lowest BCUT2D eigenvalue weighted by Gasteiger charge is -2.11. The zero-order valence-electron chi connectivity index (χ0n) is 10.9. The van der Waals surface area contributed by atoms with Crippen molar-refractivity contribution >= 4 is 11.6 Å². The van der Waals surface area contributed by atoms with Gasteiger partial charge in [0.1, 0.15) is 11.6 Å². The van der Waals surface area contributed by atoms with E-state index in [0.717, 1.165) is 17.7 Å². The number of hydrogen-bond donors (Lipinski definition) is 2. The fourth-order valence-electron chi connectivity index (χ4n) is 1.85. The second-order valence-corrected chi connectivity index (χ2v) is 4.27. The van der Waals surface area contributed by atoms with Crippen LogP contribution in [0.25, 0.3) is 0 Å². The number of anilines is 1. The summed E-state index contributed by atoms with van der Waals surface area (Å²) in [5.74, 6) is -2.20. The highest BCUT2D eigenvalue weighted by Gasteiger charge is 2.13. The Morgan fingerprint density at radius 3 is 2.60 bits per heavy atom. The fourth-order valence-corrected chi connectivity index (χ4v) is 1.85. The highest BCUT2D eigenvalue weighted by atomic mass is 19.1. The van der Waals surface area contributed by atoms with Crippen molar-refractivity contribution < 1.29 is 13.6 Å². The molecule has 2 aromatic rings. The van der Waals surface area contributed by atoms with Crippen LogP contribution >= 0.6 is 0 Å². The minimum Gasteiger partial charge on any atom is -0.322 e. The van der Waals surface area contributed by atoms with Gasteiger partial charge in [0.2, 0.25) is 0 Å². The van der Waals surface area contributed by atoms with E-state index in [1.807, 2.05) is 12.1 Å². The molecule has 0 spiro atoms. The molecule has 0 heterocycles. The molecule has 5 heteroatoms. The van der Waals surface area contributed by atoms with Crippen molar-refractivity contribution in [2.75, 3.05) is 12.4 Å². The first-order valence-electron chi connectivity index (χ1n) is 6.10.